The lowest BCUT2D eigenvalue weighted by Gasteiger charge is -2.35. The third kappa shape index (κ3) is 2.69. The average Bonchev–Trinajstić information content (AvgIpc) is 3.10. The summed E-state index contributed by atoms with van der Waals surface area (Å²) >= 11 is 0. The highest BCUT2D eigenvalue weighted by atomic mass is 16.6. The molecule has 108 valence electrons. The molecule has 1 atom stereocenters. The largest absolute Gasteiger partial charge is 0.349 e. The van der Waals surface area contributed by atoms with E-state index in [1.807, 2.05) is 11.8 Å². The Bertz CT molecular complexity index is 503. The van der Waals surface area contributed by atoms with E-state index in [1.165, 1.54) is 0 Å². The van der Waals surface area contributed by atoms with Gasteiger partial charge in [0.1, 0.15) is 5.69 Å². The first kappa shape index (κ1) is 13.1. The highest BCUT2D eigenvalue weighted by molar-refractivity contribution is 5.77. The lowest BCUT2D eigenvalue weighted by molar-refractivity contribution is -0.132. The Morgan fingerprint density at radius 3 is 2.75 bits per heavy atom. The molecule has 1 saturated heterocycles. The Balaban J connectivity index is 1.52. The van der Waals surface area contributed by atoms with Crippen molar-refractivity contribution in [3.05, 3.63) is 17.8 Å². The first-order chi connectivity index (χ1) is 9.74. The van der Waals surface area contributed by atoms with Crippen LogP contribution in [0, 0.1) is 12.8 Å². The average molecular weight is 276 g/mol. The normalized spacial score (nSPS) is 22.6. The zero-order valence-corrected chi connectivity index (χ0v) is 11.8. The van der Waals surface area contributed by atoms with E-state index in [0.29, 0.717) is 12.3 Å². The molecule has 6 nitrogen and oxygen atoms in total. The molecule has 20 heavy (non-hydrogen) atoms. The van der Waals surface area contributed by atoms with Gasteiger partial charge in [0.2, 0.25) is 5.91 Å². The second-order valence-electron chi connectivity index (χ2n) is 5.51. The molecule has 1 aromatic rings. The topological polar surface area (TPSA) is 62.5 Å². The highest BCUT2D eigenvalue weighted by Crippen LogP contribution is 2.22. The summed E-state index contributed by atoms with van der Waals surface area (Å²) in [5.41, 5.74) is 0.806. The van der Waals surface area contributed by atoms with Crippen LogP contribution in [0.25, 0.3) is 0 Å². The van der Waals surface area contributed by atoms with Gasteiger partial charge in [-0.2, -0.15) is 0 Å². The van der Waals surface area contributed by atoms with Crippen molar-refractivity contribution in [3.63, 3.8) is 0 Å². The number of carbonyl (C=O) groups is 1. The second kappa shape index (κ2) is 5.64. The van der Waals surface area contributed by atoms with E-state index >= 15 is 0 Å². The number of anilines is 1. The Labute approximate surface area is 118 Å². The predicted octanol–water partition coefficient (Wildman–Crippen LogP) is 1.38. The van der Waals surface area contributed by atoms with E-state index in [9.17, 15) is 4.79 Å². The first-order valence-electron chi connectivity index (χ1n) is 7.22. The Hall–Kier alpha value is -1.85. The maximum Gasteiger partial charge on any atom is 0.223 e. The minimum atomic E-state index is 0.274. The number of hydrogen-bond acceptors (Lipinski definition) is 5. The van der Waals surface area contributed by atoms with Crippen molar-refractivity contribution in [3.8, 4) is 0 Å². The van der Waals surface area contributed by atoms with Crippen LogP contribution in [0.15, 0.2) is 16.8 Å². The Morgan fingerprint density at radius 2 is 2.15 bits per heavy atom. The predicted molar refractivity (Wildman–Crippen MR) is 74.3 cm³/mol. The van der Waals surface area contributed by atoms with Gasteiger partial charge < -0.3 is 9.80 Å². The summed E-state index contributed by atoms with van der Waals surface area (Å²) in [4.78, 5) is 16.3. The number of hydrogen-bond donors (Lipinski definition) is 0. The molecule has 3 rings (SSSR count). The van der Waals surface area contributed by atoms with Crippen molar-refractivity contribution in [2.45, 2.75) is 26.2 Å². The molecule has 2 aliphatic rings. The van der Waals surface area contributed by atoms with Crippen molar-refractivity contribution in [1.29, 1.82) is 0 Å². The van der Waals surface area contributed by atoms with Gasteiger partial charge in [-0.1, -0.05) is 17.3 Å². The summed E-state index contributed by atoms with van der Waals surface area (Å²) < 4.78 is 4.73. The zero-order valence-electron chi connectivity index (χ0n) is 11.8. The van der Waals surface area contributed by atoms with Gasteiger partial charge >= 0.3 is 0 Å². The van der Waals surface area contributed by atoms with E-state index in [0.717, 1.165) is 50.5 Å². The molecule has 1 aromatic heterocycles. The number of piperazine rings is 1. The third-order valence-electron chi connectivity index (χ3n) is 4.11. The monoisotopic (exact) mass is 276 g/mol. The summed E-state index contributed by atoms with van der Waals surface area (Å²) in [6.45, 7) is 4.97. The number of rotatable bonds is 3. The molecule has 1 aliphatic carbocycles. The fourth-order valence-electron chi connectivity index (χ4n) is 2.90. The van der Waals surface area contributed by atoms with E-state index in [-0.39, 0.29) is 5.91 Å². The molecule has 0 bridgehead atoms. The van der Waals surface area contributed by atoms with Crippen LogP contribution in [0.3, 0.4) is 0 Å². The fraction of sp³-hybridized carbons (Fsp3) is 0.643. The van der Waals surface area contributed by atoms with Crippen molar-refractivity contribution in [2.75, 3.05) is 31.1 Å². The van der Waals surface area contributed by atoms with Crippen molar-refractivity contribution >= 4 is 11.7 Å². The van der Waals surface area contributed by atoms with Crippen LogP contribution in [0.2, 0.25) is 0 Å². The highest BCUT2D eigenvalue weighted by Gasteiger charge is 2.25. The maximum absolute atomic E-state index is 12.2. The van der Waals surface area contributed by atoms with Crippen LogP contribution in [-0.4, -0.2) is 47.3 Å². The minimum absolute atomic E-state index is 0.274. The van der Waals surface area contributed by atoms with E-state index in [4.69, 9.17) is 4.63 Å². The standard InChI is InChI=1S/C14H20N4O2/c1-11-14(16-20-15-11)18-8-6-17(7-9-18)13(19)10-12-4-2-3-5-12/h2,4,12H,3,5-10H2,1H3/t12-/m1/s1. The van der Waals surface area contributed by atoms with Crippen molar-refractivity contribution < 1.29 is 9.42 Å². The van der Waals surface area contributed by atoms with Gasteiger partial charge in [-0.3, -0.25) is 4.79 Å². The van der Waals surface area contributed by atoms with E-state index in [2.05, 4.69) is 27.4 Å². The van der Waals surface area contributed by atoms with Crippen LogP contribution < -0.4 is 4.90 Å². The van der Waals surface area contributed by atoms with Crippen LogP contribution in [0.1, 0.15) is 25.0 Å². The molecule has 6 heteroatoms. The lowest BCUT2D eigenvalue weighted by Crippen LogP contribution is -2.49. The number of allylic oxidation sites excluding steroid dienone is 2. The van der Waals surface area contributed by atoms with Gasteiger partial charge in [-0.15, -0.1) is 0 Å². The molecular weight excluding hydrogens is 256 g/mol. The molecule has 0 aromatic carbocycles. The molecular formula is C14H20N4O2. The number of nitrogens with zero attached hydrogens (tertiary/aromatic N) is 4. The Kier molecular flexibility index (Phi) is 3.71. The van der Waals surface area contributed by atoms with Gasteiger partial charge in [0.25, 0.3) is 0 Å². The van der Waals surface area contributed by atoms with Gasteiger partial charge in [-0.25, -0.2) is 4.63 Å². The summed E-state index contributed by atoms with van der Waals surface area (Å²) in [7, 11) is 0. The molecule has 2 heterocycles. The van der Waals surface area contributed by atoms with Gasteiger partial charge in [0.05, 0.1) is 0 Å². The van der Waals surface area contributed by atoms with Gasteiger partial charge in [0.15, 0.2) is 5.82 Å². The number of carbonyl (C=O) groups excluding carboxylic acids is 1. The van der Waals surface area contributed by atoms with Crippen LogP contribution in [0.4, 0.5) is 5.82 Å². The molecule has 0 unspecified atom stereocenters. The van der Waals surface area contributed by atoms with E-state index in [1.54, 1.807) is 0 Å². The van der Waals surface area contributed by atoms with Crippen molar-refractivity contribution in [2.24, 2.45) is 5.92 Å². The lowest BCUT2D eigenvalue weighted by atomic mass is 10.0. The van der Waals surface area contributed by atoms with Crippen molar-refractivity contribution in [1.82, 2.24) is 15.2 Å². The third-order valence-corrected chi connectivity index (χ3v) is 4.11. The summed E-state index contributed by atoms with van der Waals surface area (Å²) in [6, 6.07) is 0. The molecule has 1 amide bonds. The van der Waals surface area contributed by atoms with E-state index < -0.39 is 0 Å². The van der Waals surface area contributed by atoms with Crippen LogP contribution in [0.5, 0.6) is 0 Å². The van der Waals surface area contributed by atoms with Gasteiger partial charge in [0, 0.05) is 32.6 Å². The fourth-order valence-corrected chi connectivity index (χ4v) is 2.90. The number of aryl methyl sites for hydroxylation is 1. The van der Waals surface area contributed by atoms with Gasteiger partial charge in [-0.05, 0) is 30.8 Å². The molecule has 1 aliphatic heterocycles. The number of amides is 1. The summed E-state index contributed by atoms with van der Waals surface area (Å²) in [5.74, 6) is 1.52. The molecule has 0 radical (unpaired) electrons. The molecule has 1 fully saturated rings. The molecule has 0 spiro atoms. The first-order valence-corrected chi connectivity index (χ1v) is 7.22. The quantitative estimate of drug-likeness (QED) is 0.781. The second-order valence-corrected chi connectivity index (χ2v) is 5.51. The Morgan fingerprint density at radius 1 is 1.35 bits per heavy atom. The molecule has 0 saturated carbocycles. The summed E-state index contributed by atoms with van der Waals surface area (Å²) in [6.07, 6.45) is 7.25. The number of aromatic nitrogens is 2. The SMILES string of the molecule is Cc1nonc1N1CCN(C(=O)C[C@@H]2C=CCC2)CC1. The minimum Gasteiger partial charge on any atom is -0.349 e. The smallest absolute Gasteiger partial charge is 0.223 e. The van der Waals surface area contributed by atoms with Crippen LogP contribution >= 0.6 is 0 Å². The zero-order chi connectivity index (χ0) is 13.9. The summed E-state index contributed by atoms with van der Waals surface area (Å²) in [5, 5.41) is 7.72. The maximum atomic E-state index is 12.2. The van der Waals surface area contributed by atoms with Crippen LogP contribution in [-0.2, 0) is 4.79 Å². The molecule has 0 N–H and O–H groups in total.